The Balaban J connectivity index is 4.44. The summed E-state index contributed by atoms with van der Waals surface area (Å²) in [4.78, 5) is 11.6. The molecule has 0 aliphatic carbocycles. The second-order valence-electron chi connectivity index (χ2n) is 6.08. The van der Waals surface area contributed by atoms with Crippen LogP contribution in [0.25, 0.3) is 0 Å². The van der Waals surface area contributed by atoms with Crippen molar-refractivity contribution in [3.8, 4) is 0 Å². The minimum Gasteiger partial charge on any atom is -0.461 e. The fraction of sp³-hybridized carbons (Fsp3) is 0.938. The lowest BCUT2D eigenvalue weighted by Gasteiger charge is -2.35. The van der Waals surface area contributed by atoms with E-state index in [2.05, 4.69) is 20.8 Å². The highest BCUT2D eigenvalue weighted by Gasteiger charge is 2.33. The third-order valence-electron chi connectivity index (χ3n) is 4.07. The van der Waals surface area contributed by atoms with Crippen molar-refractivity contribution in [1.82, 2.24) is 0 Å². The molecule has 0 bridgehead atoms. The monoisotopic (exact) mass is 271 g/mol. The van der Waals surface area contributed by atoms with Crippen molar-refractivity contribution in [3.05, 3.63) is 0 Å². The Kier molecular flexibility index (Phi) is 9.07. The predicted molar refractivity (Wildman–Crippen MR) is 81.0 cm³/mol. The van der Waals surface area contributed by atoms with Gasteiger partial charge < -0.3 is 10.5 Å². The molecule has 0 fully saturated rings. The van der Waals surface area contributed by atoms with Crippen molar-refractivity contribution in [2.24, 2.45) is 11.1 Å². The van der Waals surface area contributed by atoms with Gasteiger partial charge >= 0.3 is 5.97 Å². The number of carbonyl (C=O) groups is 1. The van der Waals surface area contributed by atoms with E-state index in [9.17, 15) is 4.79 Å². The first kappa shape index (κ1) is 18.4. The van der Waals surface area contributed by atoms with Crippen LogP contribution < -0.4 is 5.73 Å². The minimum atomic E-state index is -0.534. The molecular formula is C16H33NO2. The van der Waals surface area contributed by atoms with E-state index in [1.54, 1.807) is 6.92 Å². The smallest absolute Gasteiger partial charge is 0.322 e. The van der Waals surface area contributed by atoms with Crippen molar-refractivity contribution in [1.29, 1.82) is 0 Å². The molecule has 19 heavy (non-hydrogen) atoms. The number of ether oxygens (including phenoxy) is 1. The third-order valence-corrected chi connectivity index (χ3v) is 4.07. The molecule has 0 saturated carbocycles. The maximum atomic E-state index is 11.6. The fourth-order valence-electron chi connectivity index (χ4n) is 2.48. The summed E-state index contributed by atoms with van der Waals surface area (Å²) in [5.41, 5.74) is 5.64. The Morgan fingerprint density at radius 2 is 1.74 bits per heavy atom. The first-order chi connectivity index (χ1) is 8.87. The number of rotatable bonds is 10. The Morgan fingerprint density at radius 1 is 1.11 bits per heavy atom. The molecule has 0 amide bonds. The number of carbonyl (C=O) groups excluding carboxylic acids is 1. The van der Waals surface area contributed by atoms with Crippen molar-refractivity contribution in [3.63, 3.8) is 0 Å². The van der Waals surface area contributed by atoms with Crippen molar-refractivity contribution >= 4 is 5.97 Å². The van der Waals surface area contributed by atoms with Gasteiger partial charge in [0.05, 0.1) is 0 Å². The molecule has 0 aromatic carbocycles. The van der Waals surface area contributed by atoms with Gasteiger partial charge in [-0.05, 0) is 26.7 Å². The van der Waals surface area contributed by atoms with Crippen LogP contribution in [0.3, 0.4) is 0 Å². The first-order valence-electron chi connectivity index (χ1n) is 7.83. The average Bonchev–Trinajstić information content (AvgIpc) is 2.34. The molecule has 0 radical (unpaired) electrons. The molecule has 0 aromatic rings. The van der Waals surface area contributed by atoms with Gasteiger partial charge in [0, 0.05) is 5.41 Å². The van der Waals surface area contributed by atoms with Crippen LogP contribution >= 0.6 is 0 Å². The zero-order valence-corrected chi connectivity index (χ0v) is 13.5. The summed E-state index contributed by atoms with van der Waals surface area (Å²) in [7, 11) is 0. The molecule has 0 aromatic heterocycles. The molecule has 0 saturated heterocycles. The molecule has 0 aliphatic rings. The Labute approximate surface area is 119 Å². The standard InChI is InChI=1S/C16H33NO2/c1-6-8-9-10-12-16(5,11-7-2)14(4)19-15(18)13(3)17/h13-14H,6-12,17H2,1-5H3. The SMILES string of the molecule is CCCCCCC(C)(CCC)C(C)OC(=O)C(C)N. The molecule has 2 N–H and O–H groups in total. The largest absolute Gasteiger partial charge is 0.461 e. The van der Waals surface area contributed by atoms with Crippen LogP contribution in [0.2, 0.25) is 0 Å². The first-order valence-corrected chi connectivity index (χ1v) is 7.83. The van der Waals surface area contributed by atoms with E-state index in [1.165, 1.54) is 25.7 Å². The zero-order chi connectivity index (χ0) is 14.9. The topological polar surface area (TPSA) is 52.3 Å². The molecule has 3 unspecified atom stereocenters. The molecular weight excluding hydrogens is 238 g/mol. The molecule has 3 nitrogen and oxygen atoms in total. The maximum absolute atomic E-state index is 11.6. The quantitative estimate of drug-likeness (QED) is 0.482. The number of unbranched alkanes of at least 4 members (excludes halogenated alkanes) is 3. The predicted octanol–water partition coefficient (Wildman–Crippen LogP) is 4.04. The van der Waals surface area contributed by atoms with Crippen LogP contribution in [-0.2, 0) is 9.53 Å². The van der Waals surface area contributed by atoms with Crippen molar-refractivity contribution in [2.75, 3.05) is 0 Å². The van der Waals surface area contributed by atoms with Gasteiger partial charge in [0.1, 0.15) is 12.1 Å². The van der Waals surface area contributed by atoms with Crippen molar-refractivity contribution < 1.29 is 9.53 Å². The third kappa shape index (κ3) is 6.95. The fourth-order valence-corrected chi connectivity index (χ4v) is 2.48. The molecule has 0 rings (SSSR count). The van der Waals surface area contributed by atoms with E-state index < -0.39 is 6.04 Å². The van der Waals surface area contributed by atoms with Gasteiger partial charge in [-0.2, -0.15) is 0 Å². The number of esters is 1. The summed E-state index contributed by atoms with van der Waals surface area (Å²) < 4.78 is 5.52. The molecule has 3 heteroatoms. The zero-order valence-electron chi connectivity index (χ0n) is 13.5. The maximum Gasteiger partial charge on any atom is 0.322 e. The van der Waals surface area contributed by atoms with Gasteiger partial charge in [0.15, 0.2) is 0 Å². The van der Waals surface area contributed by atoms with Crippen LogP contribution in [0, 0.1) is 5.41 Å². The van der Waals surface area contributed by atoms with Gasteiger partial charge in [0.25, 0.3) is 0 Å². The van der Waals surface area contributed by atoms with Crippen LogP contribution in [0.1, 0.15) is 79.6 Å². The van der Waals surface area contributed by atoms with Gasteiger partial charge in [-0.25, -0.2) is 0 Å². The highest BCUT2D eigenvalue weighted by atomic mass is 16.5. The van der Waals surface area contributed by atoms with E-state index in [-0.39, 0.29) is 17.5 Å². The Morgan fingerprint density at radius 3 is 2.21 bits per heavy atom. The summed E-state index contributed by atoms with van der Waals surface area (Å²) in [6.07, 6.45) is 8.28. The van der Waals surface area contributed by atoms with Gasteiger partial charge in [0.2, 0.25) is 0 Å². The Bertz CT molecular complexity index is 253. The van der Waals surface area contributed by atoms with Crippen molar-refractivity contribution in [2.45, 2.75) is 91.7 Å². The summed E-state index contributed by atoms with van der Waals surface area (Å²) in [6, 6.07) is -0.534. The van der Waals surface area contributed by atoms with Gasteiger partial charge in [-0.15, -0.1) is 0 Å². The number of nitrogens with two attached hydrogens (primary N) is 1. The lowest BCUT2D eigenvalue weighted by atomic mass is 9.76. The van der Waals surface area contributed by atoms with Gasteiger partial charge in [-0.3, -0.25) is 4.79 Å². The van der Waals surface area contributed by atoms with E-state index >= 15 is 0 Å². The van der Waals surface area contributed by atoms with Crippen LogP contribution in [0.15, 0.2) is 0 Å². The van der Waals surface area contributed by atoms with Gasteiger partial charge in [-0.1, -0.05) is 52.9 Å². The second-order valence-corrected chi connectivity index (χ2v) is 6.08. The van der Waals surface area contributed by atoms with E-state index in [1.807, 2.05) is 6.92 Å². The molecule has 0 spiro atoms. The van der Waals surface area contributed by atoms with E-state index in [0.717, 1.165) is 19.3 Å². The highest BCUT2D eigenvalue weighted by Crippen LogP contribution is 2.35. The molecule has 0 aliphatic heterocycles. The van der Waals surface area contributed by atoms with E-state index in [0.29, 0.717) is 0 Å². The summed E-state index contributed by atoms with van der Waals surface area (Å²) in [5.74, 6) is -0.289. The molecule has 114 valence electrons. The van der Waals surface area contributed by atoms with E-state index in [4.69, 9.17) is 10.5 Å². The lowest BCUT2D eigenvalue weighted by Crippen LogP contribution is -2.38. The number of hydrogen-bond acceptors (Lipinski definition) is 3. The Hall–Kier alpha value is -0.570. The highest BCUT2D eigenvalue weighted by molar-refractivity contribution is 5.75. The summed E-state index contributed by atoms with van der Waals surface area (Å²) in [5, 5.41) is 0. The molecule has 3 atom stereocenters. The van der Waals surface area contributed by atoms with Crippen LogP contribution in [0.5, 0.6) is 0 Å². The average molecular weight is 271 g/mol. The number of hydrogen-bond donors (Lipinski definition) is 1. The lowest BCUT2D eigenvalue weighted by molar-refractivity contribution is -0.156. The summed E-state index contributed by atoms with van der Waals surface area (Å²) >= 11 is 0. The normalized spacial score (nSPS) is 17.6. The minimum absolute atomic E-state index is 0.0624. The second kappa shape index (κ2) is 9.35. The van der Waals surface area contributed by atoms with Crippen LogP contribution in [0.4, 0.5) is 0 Å². The molecule has 0 heterocycles. The van der Waals surface area contributed by atoms with Crippen LogP contribution in [-0.4, -0.2) is 18.1 Å². The summed E-state index contributed by atoms with van der Waals surface area (Å²) in [6.45, 7) is 10.3.